The third-order valence-corrected chi connectivity index (χ3v) is 3.03. The summed E-state index contributed by atoms with van der Waals surface area (Å²) < 4.78 is 36.1. The molecule has 0 heterocycles. The number of carboxylic acids is 1. The molecule has 94 valence electrons. The maximum atomic E-state index is 13.3. The minimum atomic E-state index is -4.27. The molecule has 0 aliphatic heterocycles. The second kappa shape index (κ2) is 5.41. The summed E-state index contributed by atoms with van der Waals surface area (Å²) in [6, 6.07) is 2.92. The van der Waals surface area contributed by atoms with Crippen LogP contribution in [0.1, 0.15) is 0 Å². The van der Waals surface area contributed by atoms with Gasteiger partial charge in [0.05, 0.1) is 0 Å². The Morgan fingerprint density at radius 1 is 1.53 bits per heavy atom. The molecule has 17 heavy (non-hydrogen) atoms. The Balaban J connectivity index is 2.86. The molecule has 0 aromatic heterocycles. The van der Waals surface area contributed by atoms with Crippen molar-refractivity contribution in [1.29, 1.82) is 0 Å². The van der Waals surface area contributed by atoms with Crippen LogP contribution in [0.25, 0.3) is 0 Å². The number of aliphatic carboxylic acids is 1. The fourth-order valence-corrected chi connectivity index (χ4v) is 1.93. The Hall–Kier alpha value is -1.22. The number of nitrogens with one attached hydrogen (secondary N) is 1. The third kappa shape index (κ3) is 3.93. The first kappa shape index (κ1) is 13.8. The van der Waals surface area contributed by atoms with Crippen LogP contribution in [0.3, 0.4) is 0 Å². The van der Waals surface area contributed by atoms with E-state index >= 15 is 0 Å². The van der Waals surface area contributed by atoms with Gasteiger partial charge in [-0.2, -0.15) is 0 Å². The Kier molecular flexibility index (Phi) is 4.40. The molecule has 0 bridgehead atoms. The lowest BCUT2D eigenvalue weighted by atomic mass is 10.3. The van der Waals surface area contributed by atoms with Crippen molar-refractivity contribution in [2.75, 3.05) is 6.61 Å². The first-order chi connectivity index (χ1) is 7.83. The van der Waals surface area contributed by atoms with E-state index in [1.165, 1.54) is 11.0 Å². The lowest BCUT2D eigenvalue weighted by Gasteiger charge is -2.06. The molecule has 6 nitrogen and oxygen atoms in total. The summed E-state index contributed by atoms with van der Waals surface area (Å²) >= 11 is 5.45. The summed E-state index contributed by atoms with van der Waals surface area (Å²) in [5, 5.41) is 8.26. The van der Waals surface area contributed by atoms with Gasteiger partial charge in [0.1, 0.15) is 10.7 Å². The molecular formula is C8H7ClFNO5S. The summed E-state index contributed by atoms with van der Waals surface area (Å²) in [4.78, 5) is 15.0. The molecule has 0 amide bonds. The summed E-state index contributed by atoms with van der Waals surface area (Å²) in [6.07, 6.45) is 0. The molecule has 0 spiro atoms. The van der Waals surface area contributed by atoms with Gasteiger partial charge in [-0.05, 0) is 18.2 Å². The van der Waals surface area contributed by atoms with Crippen molar-refractivity contribution in [2.45, 2.75) is 4.90 Å². The third-order valence-electron chi connectivity index (χ3n) is 1.55. The van der Waals surface area contributed by atoms with Crippen LogP contribution in [0.2, 0.25) is 5.02 Å². The van der Waals surface area contributed by atoms with Gasteiger partial charge >= 0.3 is 5.97 Å². The molecule has 0 unspecified atom stereocenters. The molecule has 0 atom stereocenters. The minimum absolute atomic E-state index is 0.0351. The largest absolute Gasteiger partial charge is 0.479 e. The molecule has 2 N–H and O–H groups in total. The predicted molar refractivity (Wildman–Crippen MR) is 55.3 cm³/mol. The zero-order valence-electron chi connectivity index (χ0n) is 8.18. The molecule has 1 rings (SSSR count). The quantitative estimate of drug-likeness (QED) is 0.779. The van der Waals surface area contributed by atoms with Crippen LogP contribution in [-0.4, -0.2) is 26.1 Å². The molecule has 1 aromatic carbocycles. The topological polar surface area (TPSA) is 92.7 Å². The van der Waals surface area contributed by atoms with Gasteiger partial charge in [-0.25, -0.2) is 17.6 Å². The summed E-state index contributed by atoms with van der Waals surface area (Å²) in [7, 11) is -4.27. The highest BCUT2D eigenvalue weighted by atomic mass is 35.5. The fourth-order valence-electron chi connectivity index (χ4n) is 0.907. The molecule has 0 aliphatic rings. The van der Waals surface area contributed by atoms with Crippen LogP contribution >= 0.6 is 11.6 Å². The number of sulfonamides is 1. The average Bonchev–Trinajstić information content (AvgIpc) is 2.15. The number of hydrogen-bond acceptors (Lipinski definition) is 4. The van der Waals surface area contributed by atoms with Gasteiger partial charge in [0.25, 0.3) is 10.0 Å². The van der Waals surface area contributed by atoms with Crippen molar-refractivity contribution in [2.24, 2.45) is 0 Å². The van der Waals surface area contributed by atoms with Crippen LogP contribution in [0, 0.1) is 5.82 Å². The standard InChI is InChI=1S/C8H7ClFNO5S/c9-5-1-2-7(6(10)3-5)17(14,15)11-16-4-8(12)13/h1-3,11H,4H2,(H,12,13). The van der Waals surface area contributed by atoms with Crippen molar-refractivity contribution >= 4 is 27.6 Å². The van der Waals surface area contributed by atoms with Gasteiger partial charge < -0.3 is 5.11 Å². The van der Waals surface area contributed by atoms with E-state index in [9.17, 15) is 17.6 Å². The van der Waals surface area contributed by atoms with Crippen molar-refractivity contribution in [3.8, 4) is 0 Å². The highest BCUT2D eigenvalue weighted by Crippen LogP contribution is 2.18. The maximum Gasteiger partial charge on any atom is 0.331 e. The molecule has 0 radical (unpaired) electrons. The average molecular weight is 284 g/mol. The number of hydrogen-bond donors (Lipinski definition) is 2. The van der Waals surface area contributed by atoms with E-state index in [4.69, 9.17) is 16.7 Å². The second-order valence-electron chi connectivity index (χ2n) is 2.84. The van der Waals surface area contributed by atoms with Gasteiger partial charge in [0.2, 0.25) is 0 Å². The van der Waals surface area contributed by atoms with Crippen LogP contribution in [-0.2, 0) is 19.7 Å². The Morgan fingerprint density at radius 3 is 2.71 bits per heavy atom. The smallest absolute Gasteiger partial charge is 0.331 e. The predicted octanol–water partition coefficient (Wildman–Crippen LogP) is 0.774. The molecule has 0 aliphatic carbocycles. The summed E-state index contributed by atoms with van der Waals surface area (Å²) in [6.45, 7) is -0.881. The maximum absolute atomic E-state index is 13.3. The van der Waals surface area contributed by atoms with Crippen molar-refractivity contribution in [3.05, 3.63) is 29.0 Å². The van der Waals surface area contributed by atoms with Gasteiger partial charge in [-0.3, -0.25) is 4.84 Å². The number of carboxylic acid groups (broad SMARTS) is 1. The van der Waals surface area contributed by atoms with E-state index in [-0.39, 0.29) is 5.02 Å². The second-order valence-corrected chi connectivity index (χ2v) is 4.89. The van der Waals surface area contributed by atoms with Crippen molar-refractivity contribution in [3.63, 3.8) is 0 Å². The molecular weight excluding hydrogens is 277 g/mol. The molecule has 0 fully saturated rings. The molecule has 1 aromatic rings. The van der Waals surface area contributed by atoms with E-state index in [0.717, 1.165) is 12.1 Å². The Morgan fingerprint density at radius 2 is 2.18 bits per heavy atom. The Bertz CT molecular complexity index is 533. The van der Waals surface area contributed by atoms with Gasteiger partial charge in [0.15, 0.2) is 6.61 Å². The highest BCUT2D eigenvalue weighted by molar-refractivity contribution is 7.89. The molecule has 0 saturated heterocycles. The van der Waals surface area contributed by atoms with Gasteiger partial charge in [-0.1, -0.05) is 16.5 Å². The monoisotopic (exact) mass is 283 g/mol. The van der Waals surface area contributed by atoms with E-state index < -0.39 is 33.3 Å². The lowest BCUT2D eigenvalue weighted by molar-refractivity contribution is -0.143. The van der Waals surface area contributed by atoms with Crippen LogP contribution < -0.4 is 4.89 Å². The normalized spacial score (nSPS) is 11.4. The van der Waals surface area contributed by atoms with Crippen LogP contribution in [0.4, 0.5) is 4.39 Å². The first-order valence-corrected chi connectivity index (χ1v) is 5.99. The molecule has 0 saturated carbocycles. The minimum Gasteiger partial charge on any atom is -0.479 e. The van der Waals surface area contributed by atoms with Gasteiger partial charge in [-0.15, -0.1) is 0 Å². The fraction of sp³-hybridized carbons (Fsp3) is 0.125. The van der Waals surface area contributed by atoms with E-state index in [2.05, 4.69) is 4.84 Å². The van der Waals surface area contributed by atoms with E-state index in [1.807, 2.05) is 0 Å². The number of benzene rings is 1. The van der Waals surface area contributed by atoms with Crippen molar-refractivity contribution in [1.82, 2.24) is 4.89 Å². The SMILES string of the molecule is O=C(O)CONS(=O)(=O)c1ccc(Cl)cc1F. The van der Waals surface area contributed by atoms with Crippen LogP contribution in [0.15, 0.2) is 23.1 Å². The van der Waals surface area contributed by atoms with Crippen LogP contribution in [0.5, 0.6) is 0 Å². The first-order valence-electron chi connectivity index (χ1n) is 4.13. The van der Waals surface area contributed by atoms with Crippen molar-refractivity contribution < 1.29 is 27.5 Å². The number of rotatable bonds is 5. The zero-order valence-corrected chi connectivity index (χ0v) is 9.76. The highest BCUT2D eigenvalue weighted by Gasteiger charge is 2.19. The molecule has 9 heteroatoms. The van der Waals surface area contributed by atoms with E-state index in [0.29, 0.717) is 0 Å². The summed E-state index contributed by atoms with van der Waals surface area (Å²) in [5.74, 6) is -2.44. The number of carbonyl (C=O) groups is 1. The summed E-state index contributed by atoms with van der Waals surface area (Å²) in [5.41, 5.74) is 0. The van der Waals surface area contributed by atoms with E-state index in [1.54, 1.807) is 0 Å². The van der Waals surface area contributed by atoms with Gasteiger partial charge in [0, 0.05) is 5.02 Å². The Labute approximate surface area is 101 Å². The number of halogens is 2. The zero-order chi connectivity index (χ0) is 13.1. The lowest BCUT2D eigenvalue weighted by Crippen LogP contribution is -2.27.